The maximum atomic E-state index is 12.5. The summed E-state index contributed by atoms with van der Waals surface area (Å²) in [7, 11) is 0. The predicted octanol–water partition coefficient (Wildman–Crippen LogP) is 2.79. The standard InChI is InChI=1S/C20H29NO5/c1-4-25-18(23)20(21-16(3)22,19(24)26-5-2)15-11-7-10-14-17-12-8-6-9-13-17/h6,8-9,12-13H,4-5,7,10-11,14-15H2,1-3H3,(H,21,22). The molecule has 0 aliphatic heterocycles. The lowest BCUT2D eigenvalue weighted by atomic mass is 9.91. The number of aryl methyl sites for hydroxylation is 1. The van der Waals surface area contributed by atoms with Crippen LogP contribution in [0.25, 0.3) is 0 Å². The third kappa shape index (κ3) is 6.50. The number of benzene rings is 1. The van der Waals surface area contributed by atoms with E-state index in [1.807, 2.05) is 18.2 Å². The molecule has 1 N–H and O–H groups in total. The molecule has 144 valence electrons. The number of carbonyl (C=O) groups excluding carboxylic acids is 3. The Kier molecular flexibility index (Phi) is 9.41. The Labute approximate surface area is 155 Å². The van der Waals surface area contributed by atoms with Gasteiger partial charge in [0.2, 0.25) is 11.4 Å². The molecule has 0 radical (unpaired) electrons. The van der Waals surface area contributed by atoms with Crippen LogP contribution in [0.5, 0.6) is 0 Å². The summed E-state index contributed by atoms with van der Waals surface area (Å²) in [5.74, 6) is -2.01. The lowest BCUT2D eigenvalue weighted by Crippen LogP contribution is -2.61. The third-order valence-corrected chi connectivity index (χ3v) is 4.00. The summed E-state index contributed by atoms with van der Waals surface area (Å²) in [6.07, 6.45) is 3.40. The van der Waals surface area contributed by atoms with E-state index in [-0.39, 0.29) is 19.6 Å². The average Bonchev–Trinajstić information content (AvgIpc) is 2.61. The summed E-state index contributed by atoms with van der Waals surface area (Å²) >= 11 is 0. The van der Waals surface area contributed by atoms with E-state index >= 15 is 0 Å². The molecule has 1 rings (SSSR count). The highest BCUT2D eigenvalue weighted by Crippen LogP contribution is 2.21. The van der Waals surface area contributed by atoms with Crippen molar-refractivity contribution >= 4 is 17.8 Å². The summed E-state index contributed by atoms with van der Waals surface area (Å²) in [6.45, 7) is 4.81. The van der Waals surface area contributed by atoms with Crippen LogP contribution in [0.3, 0.4) is 0 Å². The van der Waals surface area contributed by atoms with Crippen molar-refractivity contribution < 1.29 is 23.9 Å². The molecule has 0 bridgehead atoms. The number of rotatable bonds is 11. The number of carbonyl (C=O) groups is 3. The summed E-state index contributed by atoms with van der Waals surface area (Å²) in [5, 5.41) is 2.48. The van der Waals surface area contributed by atoms with E-state index in [2.05, 4.69) is 17.4 Å². The van der Waals surface area contributed by atoms with E-state index < -0.39 is 23.4 Å². The minimum absolute atomic E-state index is 0.119. The second-order valence-corrected chi connectivity index (χ2v) is 6.07. The smallest absolute Gasteiger partial charge is 0.343 e. The number of hydrogen-bond donors (Lipinski definition) is 1. The molecule has 0 fully saturated rings. The molecular weight excluding hydrogens is 334 g/mol. The van der Waals surface area contributed by atoms with E-state index in [1.165, 1.54) is 12.5 Å². The van der Waals surface area contributed by atoms with Crippen molar-refractivity contribution in [2.45, 2.75) is 58.4 Å². The molecule has 0 atom stereocenters. The van der Waals surface area contributed by atoms with E-state index in [0.29, 0.717) is 6.42 Å². The third-order valence-electron chi connectivity index (χ3n) is 4.00. The lowest BCUT2D eigenvalue weighted by Gasteiger charge is -2.29. The van der Waals surface area contributed by atoms with Crippen molar-refractivity contribution in [2.75, 3.05) is 13.2 Å². The summed E-state index contributed by atoms with van der Waals surface area (Å²) in [5.41, 5.74) is -0.527. The first kappa shape index (κ1) is 21.7. The SMILES string of the molecule is CCOC(=O)C(CCCCCc1ccccc1)(NC(C)=O)C(=O)OCC. The normalized spacial score (nSPS) is 10.9. The van der Waals surface area contributed by atoms with Crippen molar-refractivity contribution in [2.24, 2.45) is 0 Å². The van der Waals surface area contributed by atoms with Gasteiger partial charge in [-0.3, -0.25) is 4.79 Å². The Hall–Kier alpha value is -2.37. The molecule has 1 aromatic carbocycles. The maximum absolute atomic E-state index is 12.5. The van der Waals surface area contributed by atoms with Crippen molar-refractivity contribution in [1.82, 2.24) is 5.32 Å². The van der Waals surface area contributed by atoms with Crippen molar-refractivity contribution in [3.8, 4) is 0 Å². The largest absolute Gasteiger partial charge is 0.464 e. The second kappa shape index (κ2) is 11.3. The molecular formula is C20H29NO5. The van der Waals surface area contributed by atoms with Crippen LogP contribution in [0.15, 0.2) is 30.3 Å². The maximum Gasteiger partial charge on any atom is 0.343 e. The van der Waals surface area contributed by atoms with Gasteiger partial charge in [0.25, 0.3) is 0 Å². The van der Waals surface area contributed by atoms with Gasteiger partial charge in [0.1, 0.15) is 0 Å². The van der Waals surface area contributed by atoms with Crippen LogP contribution in [0, 0.1) is 0 Å². The minimum atomic E-state index is -1.77. The highest BCUT2D eigenvalue weighted by molar-refractivity contribution is 6.07. The topological polar surface area (TPSA) is 81.7 Å². The summed E-state index contributed by atoms with van der Waals surface area (Å²) in [4.78, 5) is 36.6. The number of ether oxygens (including phenoxy) is 2. The van der Waals surface area contributed by atoms with Crippen LogP contribution >= 0.6 is 0 Å². The Morgan fingerprint density at radius 1 is 0.923 bits per heavy atom. The minimum Gasteiger partial charge on any atom is -0.464 e. The highest BCUT2D eigenvalue weighted by atomic mass is 16.6. The van der Waals surface area contributed by atoms with Crippen molar-refractivity contribution in [1.29, 1.82) is 0 Å². The van der Waals surface area contributed by atoms with Gasteiger partial charge in [-0.05, 0) is 45.1 Å². The fourth-order valence-electron chi connectivity index (χ4n) is 2.80. The fourth-order valence-corrected chi connectivity index (χ4v) is 2.80. The average molecular weight is 363 g/mol. The lowest BCUT2D eigenvalue weighted by molar-refractivity contribution is -0.168. The number of nitrogens with one attached hydrogen (secondary N) is 1. The van der Waals surface area contributed by atoms with Gasteiger partial charge in [-0.25, -0.2) is 9.59 Å². The molecule has 0 aliphatic rings. The highest BCUT2D eigenvalue weighted by Gasteiger charge is 2.49. The van der Waals surface area contributed by atoms with Crippen LogP contribution in [-0.4, -0.2) is 36.6 Å². The van der Waals surface area contributed by atoms with Crippen LogP contribution < -0.4 is 5.32 Å². The van der Waals surface area contributed by atoms with E-state index in [0.717, 1.165) is 19.3 Å². The first-order valence-electron chi connectivity index (χ1n) is 9.13. The monoisotopic (exact) mass is 363 g/mol. The number of hydrogen-bond acceptors (Lipinski definition) is 5. The number of esters is 2. The summed E-state index contributed by atoms with van der Waals surface area (Å²) in [6, 6.07) is 10.1. The molecule has 0 heterocycles. The van der Waals surface area contributed by atoms with Crippen molar-refractivity contribution in [3.05, 3.63) is 35.9 Å². The molecule has 0 aromatic heterocycles. The van der Waals surface area contributed by atoms with Gasteiger partial charge in [-0.1, -0.05) is 36.8 Å². The fraction of sp³-hybridized carbons (Fsp3) is 0.550. The van der Waals surface area contributed by atoms with Gasteiger partial charge in [-0.2, -0.15) is 0 Å². The predicted molar refractivity (Wildman–Crippen MR) is 98.4 cm³/mol. The van der Waals surface area contributed by atoms with Crippen LogP contribution in [0.2, 0.25) is 0 Å². The zero-order chi connectivity index (χ0) is 19.4. The van der Waals surface area contributed by atoms with Crippen LogP contribution in [-0.2, 0) is 30.3 Å². The number of unbranched alkanes of at least 4 members (excludes halogenated alkanes) is 2. The Morgan fingerprint density at radius 3 is 2.00 bits per heavy atom. The van der Waals surface area contributed by atoms with Gasteiger partial charge in [0, 0.05) is 6.92 Å². The molecule has 0 spiro atoms. The van der Waals surface area contributed by atoms with Gasteiger partial charge >= 0.3 is 11.9 Å². The molecule has 26 heavy (non-hydrogen) atoms. The molecule has 0 aliphatic carbocycles. The Bertz CT molecular complexity index is 567. The van der Waals surface area contributed by atoms with Gasteiger partial charge in [0.05, 0.1) is 13.2 Å². The van der Waals surface area contributed by atoms with Crippen LogP contribution in [0.4, 0.5) is 0 Å². The molecule has 0 saturated carbocycles. The molecule has 0 unspecified atom stereocenters. The molecule has 1 aromatic rings. The number of amides is 1. The Morgan fingerprint density at radius 2 is 1.50 bits per heavy atom. The molecule has 1 amide bonds. The van der Waals surface area contributed by atoms with Crippen LogP contribution in [0.1, 0.15) is 52.0 Å². The van der Waals surface area contributed by atoms with Gasteiger partial charge < -0.3 is 14.8 Å². The van der Waals surface area contributed by atoms with Crippen molar-refractivity contribution in [3.63, 3.8) is 0 Å². The van der Waals surface area contributed by atoms with Gasteiger partial charge in [0.15, 0.2) is 0 Å². The molecule has 6 nitrogen and oxygen atoms in total. The first-order valence-corrected chi connectivity index (χ1v) is 9.13. The summed E-state index contributed by atoms with van der Waals surface area (Å²) < 4.78 is 10.1. The van der Waals surface area contributed by atoms with E-state index in [9.17, 15) is 14.4 Å². The quantitative estimate of drug-likeness (QED) is 0.371. The van der Waals surface area contributed by atoms with E-state index in [4.69, 9.17) is 9.47 Å². The first-order chi connectivity index (χ1) is 12.5. The Balaban J connectivity index is 2.74. The molecule has 6 heteroatoms. The zero-order valence-electron chi connectivity index (χ0n) is 15.9. The van der Waals surface area contributed by atoms with E-state index in [1.54, 1.807) is 13.8 Å². The molecule has 0 saturated heterocycles. The van der Waals surface area contributed by atoms with Gasteiger partial charge in [-0.15, -0.1) is 0 Å². The second-order valence-electron chi connectivity index (χ2n) is 6.07. The zero-order valence-corrected chi connectivity index (χ0v) is 15.9.